The van der Waals surface area contributed by atoms with Gasteiger partial charge in [-0.05, 0) is 49.1 Å². The van der Waals surface area contributed by atoms with Crippen LogP contribution in [0.1, 0.15) is 50.2 Å². The molecule has 2 N–H and O–H groups in total. The molecule has 32 heavy (non-hydrogen) atoms. The third-order valence-corrected chi connectivity index (χ3v) is 7.99. The van der Waals surface area contributed by atoms with Crippen LogP contribution in [0.25, 0.3) is 22.2 Å². The van der Waals surface area contributed by atoms with Gasteiger partial charge in [0.1, 0.15) is 11.5 Å². The van der Waals surface area contributed by atoms with Gasteiger partial charge < -0.3 is 9.72 Å². The zero-order valence-electron chi connectivity index (χ0n) is 18.2. The van der Waals surface area contributed by atoms with E-state index in [4.69, 9.17) is 16.3 Å². The van der Waals surface area contributed by atoms with Gasteiger partial charge in [0.25, 0.3) is 0 Å². The van der Waals surface area contributed by atoms with Crippen LogP contribution in [-0.2, 0) is 26.2 Å². The Bertz CT molecular complexity index is 1260. The number of esters is 1. The van der Waals surface area contributed by atoms with Crippen LogP contribution in [0.5, 0.6) is 0 Å². The Hall–Kier alpha value is -2.35. The topological polar surface area (TPSA) is 88.3 Å². The number of carbonyl (C=O) groups excluding carboxylic acids is 1. The molecule has 4 rings (SSSR count). The van der Waals surface area contributed by atoms with E-state index in [2.05, 4.69) is 9.71 Å². The number of carbonyl (C=O) groups is 1. The molecule has 3 aromatic rings. The second kappa shape index (κ2) is 9.25. The molecule has 0 atom stereocenters. The van der Waals surface area contributed by atoms with E-state index >= 15 is 0 Å². The van der Waals surface area contributed by atoms with Crippen LogP contribution in [-0.4, -0.2) is 25.4 Å². The Morgan fingerprint density at radius 3 is 2.66 bits per heavy atom. The molecule has 8 heteroatoms. The fourth-order valence-corrected chi connectivity index (χ4v) is 6.27. The third-order valence-electron chi connectivity index (χ3n) is 5.99. The smallest absolute Gasteiger partial charge is 0.302 e. The molecule has 0 amide bonds. The van der Waals surface area contributed by atoms with Crippen LogP contribution in [0.3, 0.4) is 0 Å². The summed E-state index contributed by atoms with van der Waals surface area (Å²) in [4.78, 5) is 14.9. The zero-order chi connectivity index (χ0) is 22.9. The number of ether oxygens (including phenoxy) is 1. The molecule has 0 aliphatic heterocycles. The van der Waals surface area contributed by atoms with E-state index in [1.54, 1.807) is 18.2 Å². The average molecular weight is 475 g/mol. The summed E-state index contributed by atoms with van der Waals surface area (Å²) >= 11 is 6.33. The van der Waals surface area contributed by atoms with E-state index in [0.717, 1.165) is 54.1 Å². The van der Waals surface area contributed by atoms with Crippen molar-refractivity contribution >= 4 is 38.5 Å². The summed E-state index contributed by atoms with van der Waals surface area (Å²) in [5.41, 5.74) is 4.10. The maximum absolute atomic E-state index is 13.2. The number of halogens is 1. The summed E-state index contributed by atoms with van der Waals surface area (Å²) in [6, 6.07) is 10.8. The fraction of sp³-hybridized carbons (Fsp3) is 0.375. The molecule has 1 aromatic heterocycles. The summed E-state index contributed by atoms with van der Waals surface area (Å²) in [6.45, 7) is 3.44. The van der Waals surface area contributed by atoms with E-state index in [9.17, 15) is 13.2 Å². The molecular weight excluding hydrogens is 448 g/mol. The van der Waals surface area contributed by atoms with Crippen molar-refractivity contribution in [3.05, 3.63) is 52.5 Å². The van der Waals surface area contributed by atoms with Crippen LogP contribution >= 0.6 is 11.6 Å². The maximum atomic E-state index is 13.2. The highest BCUT2D eigenvalue weighted by Crippen LogP contribution is 2.35. The normalized spacial score (nSPS) is 15.2. The van der Waals surface area contributed by atoms with E-state index in [1.165, 1.54) is 6.92 Å². The lowest BCUT2D eigenvalue weighted by Gasteiger charge is -2.23. The molecule has 1 fully saturated rings. The highest BCUT2D eigenvalue weighted by Gasteiger charge is 2.25. The summed E-state index contributed by atoms with van der Waals surface area (Å²) in [6.07, 6.45) is 4.86. The van der Waals surface area contributed by atoms with Crippen LogP contribution in [0.15, 0.2) is 41.3 Å². The van der Waals surface area contributed by atoms with Gasteiger partial charge in [-0.15, -0.1) is 0 Å². The van der Waals surface area contributed by atoms with Crippen molar-refractivity contribution in [1.82, 2.24) is 9.71 Å². The van der Waals surface area contributed by atoms with Gasteiger partial charge >= 0.3 is 5.97 Å². The minimum atomic E-state index is -3.78. The number of H-pyrrole nitrogens is 1. The lowest BCUT2D eigenvalue weighted by Crippen LogP contribution is -2.36. The quantitative estimate of drug-likeness (QED) is 0.463. The van der Waals surface area contributed by atoms with E-state index in [-0.39, 0.29) is 28.5 Å². The third kappa shape index (κ3) is 4.70. The molecule has 2 aromatic carbocycles. The van der Waals surface area contributed by atoms with Gasteiger partial charge in [0, 0.05) is 29.4 Å². The van der Waals surface area contributed by atoms with Gasteiger partial charge in [-0.3, -0.25) is 4.79 Å². The lowest BCUT2D eigenvalue weighted by molar-refractivity contribution is -0.142. The molecule has 0 bridgehead atoms. The number of aryl methyl sites for hydroxylation is 1. The van der Waals surface area contributed by atoms with Crippen molar-refractivity contribution in [1.29, 1.82) is 0 Å². The first-order chi connectivity index (χ1) is 15.3. The highest BCUT2D eigenvalue weighted by atomic mass is 35.5. The predicted octanol–water partition coefficient (Wildman–Crippen LogP) is 5.47. The van der Waals surface area contributed by atoms with Crippen LogP contribution in [0, 0.1) is 6.92 Å². The first kappa shape index (κ1) is 22.8. The molecule has 6 nitrogen and oxygen atoms in total. The molecule has 0 unspecified atom stereocenters. The van der Waals surface area contributed by atoms with E-state index in [0.29, 0.717) is 11.3 Å². The molecule has 1 heterocycles. The zero-order valence-corrected chi connectivity index (χ0v) is 19.8. The maximum Gasteiger partial charge on any atom is 0.302 e. The second-order valence-electron chi connectivity index (χ2n) is 8.36. The van der Waals surface area contributed by atoms with Crippen molar-refractivity contribution < 1.29 is 17.9 Å². The van der Waals surface area contributed by atoms with E-state index in [1.807, 2.05) is 25.1 Å². The van der Waals surface area contributed by atoms with Gasteiger partial charge in [0.05, 0.1) is 10.7 Å². The first-order valence-corrected chi connectivity index (χ1v) is 12.7. The number of aromatic amines is 1. The van der Waals surface area contributed by atoms with Crippen molar-refractivity contribution in [2.45, 2.75) is 63.5 Å². The Morgan fingerprint density at radius 2 is 1.94 bits per heavy atom. The van der Waals surface area contributed by atoms with Crippen molar-refractivity contribution in [3.63, 3.8) is 0 Å². The van der Waals surface area contributed by atoms with Gasteiger partial charge in [-0.25, -0.2) is 13.1 Å². The van der Waals surface area contributed by atoms with Crippen molar-refractivity contribution in [2.24, 2.45) is 0 Å². The minimum absolute atomic E-state index is 0.0519. The fourth-order valence-electron chi connectivity index (χ4n) is 4.44. The van der Waals surface area contributed by atoms with Crippen molar-refractivity contribution in [2.75, 3.05) is 0 Å². The molecule has 1 aliphatic rings. The number of aromatic nitrogens is 1. The number of nitrogens with one attached hydrogen (secondary N) is 2. The Labute approximate surface area is 193 Å². The summed E-state index contributed by atoms with van der Waals surface area (Å²) in [5, 5.41) is 1.13. The van der Waals surface area contributed by atoms with Crippen molar-refractivity contribution in [3.8, 4) is 11.3 Å². The van der Waals surface area contributed by atoms with Gasteiger partial charge in [0.15, 0.2) is 0 Å². The van der Waals surface area contributed by atoms with Crippen LogP contribution < -0.4 is 4.72 Å². The monoisotopic (exact) mass is 474 g/mol. The average Bonchev–Trinajstić information content (AvgIpc) is 3.12. The SMILES string of the molecule is CC(=O)OCc1c(-c2ccc(Cl)c(S(=O)(=O)NC3CCCCC3)c2)[nH]c2cccc(C)c12. The van der Waals surface area contributed by atoms with Gasteiger partial charge in [-0.1, -0.05) is 49.1 Å². The molecule has 1 aliphatic carbocycles. The number of fused-ring (bicyclic) bond motifs is 1. The van der Waals surface area contributed by atoms with Gasteiger partial charge in [-0.2, -0.15) is 0 Å². The highest BCUT2D eigenvalue weighted by molar-refractivity contribution is 7.89. The Morgan fingerprint density at radius 1 is 1.19 bits per heavy atom. The van der Waals surface area contributed by atoms with E-state index < -0.39 is 10.0 Å². The Balaban J connectivity index is 1.78. The molecule has 170 valence electrons. The predicted molar refractivity (Wildman–Crippen MR) is 126 cm³/mol. The number of hydrogen-bond donors (Lipinski definition) is 2. The summed E-state index contributed by atoms with van der Waals surface area (Å²) in [5.74, 6) is -0.380. The first-order valence-electron chi connectivity index (χ1n) is 10.8. The van der Waals surface area contributed by atoms with Crippen LogP contribution in [0.4, 0.5) is 0 Å². The van der Waals surface area contributed by atoms with Crippen LogP contribution in [0.2, 0.25) is 5.02 Å². The Kier molecular flexibility index (Phi) is 6.60. The largest absolute Gasteiger partial charge is 0.461 e. The molecule has 0 radical (unpaired) electrons. The number of benzene rings is 2. The molecular formula is C24H27ClN2O4S. The second-order valence-corrected chi connectivity index (χ2v) is 10.4. The standard InChI is InChI=1S/C24H27ClN2O4S/c1-15-7-6-10-21-23(15)19(14-31-16(2)28)24(26-21)17-11-12-20(25)22(13-17)32(29,30)27-18-8-4-3-5-9-18/h6-7,10-13,18,26-27H,3-5,8-9,14H2,1-2H3. The number of hydrogen-bond acceptors (Lipinski definition) is 4. The molecule has 0 saturated heterocycles. The number of rotatable bonds is 6. The molecule has 1 saturated carbocycles. The summed E-state index contributed by atoms with van der Waals surface area (Å²) < 4.78 is 34.5. The summed E-state index contributed by atoms with van der Waals surface area (Å²) in [7, 11) is -3.78. The molecule has 0 spiro atoms. The lowest BCUT2D eigenvalue weighted by atomic mass is 9.96. The number of sulfonamides is 1. The minimum Gasteiger partial charge on any atom is -0.461 e. The van der Waals surface area contributed by atoms with Gasteiger partial charge in [0.2, 0.25) is 10.0 Å².